The van der Waals surface area contributed by atoms with Crippen LogP contribution >= 0.6 is 11.3 Å². The lowest BCUT2D eigenvalue weighted by molar-refractivity contribution is -0.124. The van der Waals surface area contributed by atoms with Gasteiger partial charge in [0.25, 0.3) is 5.91 Å². The maximum Gasteiger partial charge on any atom is 0.346 e. The van der Waals surface area contributed by atoms with E-state index in [1.807, 2.05) is 13.8 Å². The quantitative estimate of drug-likeness (QED) is 0.756. The van der Waals surface area contributed by atoms with Crippen molar-refractivity contribution in [1.29, 1.82) is 0 Å². The number of carboxylic acid groups (broad SMARTS) is 1. The van der Waals surface area contributed by atoms with Crippen LogP contribution in [0.15, 0.2) is 11.4 Å². The molecule has 2 N–H and O–H groups in total. The molecule has 0 atom stereocenters. The minimum absolute atomic E-state index is 0.167. The number of nitrogens with one attached hydrogen (secondary N) is 1. The summed E-state index contributed by atoms with van der Waals surface area (Å²) in [6, 6.07) is 1.38. The zero-order chi connectivity index (χ0) is 15.2. The van der Waals surface area contributed by atoms with Crippen molar-refractivity contribution in [2.24, 2.45) is 0 Å². The van der Waals surface area contributed by atoms with Gasteiger partial charge in [0.1, 0.15) is 16.2 Å². The zero-order valence-electron chi connectivity index (χ0n) is 11.4. The summed E-state index contributed by atoms with van der Waals surface area (Å²) in [6.07, 6.45) is 6.72. The minimum atomic E-state index is -1.02. The summed E-state index contributed by atoms with van der Waals surface area (Å²) >= 11 is 1.05. The Morgan fingerprint density at radius 1 is 1.50 bits per heavy atom. The van der Waals surface area contributed by atoms with Crippen LogP contribution < -0.4 is 10.1 Å². The Bertz CT molecular complexity index is 526. The molecule has 0 saturated carbocycles. The molecule has 108 valence electrons. The standard InChI is InChI=1S/C14H17NO4S/c1-4-14(5-2,6-3)15-12(16)8-19-10-7-11(13(17)18)20-9-10/h1,7,9H,5-6,8H2,2-3H3,(H,15,16)(H,17,18). The Morgan fingerprint density at radius 3 is 2.60 bits per heavy atom. The Balaban J connectivity index is 2.55. The number of hydrogen-bond donors (Lipinski definition) is 2. The second-order valence-electron chi connectivity index (χ2n) is 4.22. The smallest absolute Gasteiger partial charge is 0.346 e. The van der Waals surface area contributed by atoms with Gasteiger partial charge in [-0.15, -0.1) is 17.8 Å². The molecule has 0 unspecified atom stereocenters. The van der Waals surface area contributed by atoms with Crippen molar-refractivity contribution >= 4 is 23.2 Å². The molecule has 1 amide bonds. The van der Waals surface area contributed by atoms with Gasteiger partial charge in [0.05, 0.1) is 0 Å². The summed E-state index contributed by atoms with van der Waals surface area (Å²) in [5.74, 6) is 1.62. The SMILES string of the molecule is C#CC(CC)(CC)NC(=O)COc1csc(C(=O)O)c1. The normalized spacial score (nSPS) is 10.7. The molecule has 0 radical (unpaired) electrons. The molecule has 20 heavy (non-hydrogen) atoms. The first-order valence-corrected chi connectivity index (χ1v) is 7.07. The van der Waals surface area contributed by atoms with Gasteiger partial charge in [0.2, 0.25) is 0 Å². The molecule has 6 heteroatoms. The lowest BCUT2D eigenvalue weighted by Crippen LogP contribution is -2.48. The second-order valence-corrected chi connectivity index (χ2v) is 5.13. The van der Waals surface area contributed by atoms with Gasteiger partial charge < -0.3 is 15.2 Å². The summed E-state index contributed by atoms with van der Waals surface area (Å²) in [4.78, 5) is 22.7. The largest absolute Gasteiger partial charge is 0.483 e. The lowest BCUT2D eigenvalue weighted by Gasteiger charge is -2.26. The van der Waals surface area contributed by atoms with Crippen LogP contribution in [0.3, 0.4) is 0 Å². The zero-order valence-corrected chi connectivity index (χ0v) is 12.3. The van der Waals surface area contributed by atoms with Crippen LogP contribution in [0.5, 0.6) is 5.75 Å². The van der Waals surface area contributed by atoms with E-state index in [0.29, 0.717) is 18.6 Å². The molecule has 1 aromatic rings. The summed E-state index contributed by atoms with van der Waals surface area (Å²) in [6.45, 7) is 3.62. The number of hydrogen-bond acceptors (Lipinski definition) is 4. The van der Waals surface area contributed by atoms with E-state index < -0.39 is 11.5 Å². The molecular formula is C14H17NO4S. The molecule has 0 bridgehead atoms. The summed E-state index contributed by atoms with van der Waals surface area (Å²) in [5.41, 5.74) is -0.651. The van der Waals surface area contributed by atoms with Crippen LogP contribution in [0.4, 0.5) is 0 Å². The predicted octanol–water partition coefficient (Wildman–Crippen LogP) is 2.13. The third-order valence-corrected chi connectivity index (χ3v) is 3.91. The highest BCUT2D eigenvalue weighted by molar-refractivity contribution is 7.12. The molecule has 1 rings (SSSR count). The van der Waals surface area contributed by atoms with E-state index in [1.54, 1.807) is 5.38 Å². The van der Waals surface area contributed by atoms with Gasteiger partial charge in [-0.2, -0.15) is 0 Å². The number of ether oxygens (including phenoxy) is 1. The number of terminal acetylenes is 1. The number of carbonyl (C=O) groups excluding carboxylic acids is 1. The van der Waals surface area contributed by atoms with E-state index in [1.165, 1.54) is 6.07 Å². The molecule has 0 spiro atoms. The fourth-order valence-electron chi connectivity index (χ4n) is 1.63. The van der Waals surface area contributed by atoms with Crippen molar-refractivity contribution in [3.8, 4) is 18.1 Å². The molecule has 5 nitrogen and oxygen atoms in total. The van der Waals surface area contributed by atoms with Gasteiger partial charge in [-0.25, -0.2) is 4.79 Å². The van der Waals surface area contributed by atoms with E-state index in [-0.39, 0.29) is 17.4 Å². The monoisotopic (exact) mass is 295 g/mol. The molecule has 0 fully saturated rings. The maximum atomic E-state index is 11.8. The summed E-state index contributed by atoms with van der Waals surface area (Å²) in [7, 11) is 0. The summed E-state index contributed by atoms with van der Waals surface area (Å²) in [5, 5.41) is 13.1. The Morgan fingerprint density at radius 2 is 2.15 bits per heavy atom. The van der Waals surface area contributed by atoms with Crippen molar-refractivity contribution in [3.05, 3.63) is 16.3 Å². The molecule has 0 saturated heterocycles. The topological polar surface area (TPSA) is 75.6 Å². The Hall–Kier alpha value is -2.00. The third kappa shape index (κ3) is 4.00. The van der Waals surface area contributed by atoms with E-state index in [2.05, 4.69) is 11.2 Å². The fourth-order valence-corrected chi connectivity index (χ4v) is 2.29. The van der Waals surface area contributed by atoms with Crippen LogP contribution in [-0.4, -0.2) is 29.1 Å². The van der Waals surface area contributed by atoms with E-state index in [0.717, 1.165) is 11.3 Å². The predicted molar refractivity (Wildman–Crippen MR) is 77.1 cm³/mol. The van der Waals surface area contributed by atoms with Gasteiger partial charge in [-0.1, -0.05) is 19.8 Å². The summed E-state index contributed by atoms with van der Waals surface area (Å²) < 4.78 is 5.24. The van der Waals surface area contributed by atoms with E-state index in [9.17, 15) is 9.59 Å². The van der Waals surface area contributed by atoms with Crippen LogP contribution in [-0.2, 0) is 4.79 Å². The van der Waals surface area contributed by atoms with Crippen LogP contribution in [0, 0.1) is 12.3 Å². The molecule has 0 aromatic carbocycles. The van der Waals surface area contributed by atoms with E-state index in [4.69, 9.17) is 16.3 Å². The van der Waals surface area contributed by atoms with Crippen molar-refractivity contribution in [2.75, 3.05) is 6.61 Å². The fraction of sp³-hybridized carbons (Fsp3) is 0.429. The van der Waals surface area contributed by atoms with Crippen LogP contribution in [0.1, 0.15) is 36.4 Å². The Kier molecular flexibility index (Phi) is 5.59. The lowest BCUT2D eigenvalue weighted by atomic mass is 9.94. The Labute approximate surface area is 122 Å². The molecular weight excluding hydrogens is 278 g/mol. The number of rotatable bonds is 7. The van der Waals surface area contributed by atoms with Crippen LogP contribution in [0.2, 0.25) is 0 Å². The number of carbonyl (C=O) groups is 2. The molecule has 1 aromatic heterocycles. The average molecular weight is 295 g/mol. The first-order chi connectivity index (χ1) is 9.46. The van der Waals surface area contributed by atoms with Gasteiger partial charge in [-0.3, -0.25) is 4.79 Å². The molecule has 0 aliphatic carbocycles. The third-order valence-electron chi connectivity index (χ3n) is 3.02. The van der Waals surface area contributed by atoms with Crippen molar-refractivity contribution in [2.45, 2.75) is 32.2 Å². The van der Waals surface area contributed by atoms with Gasteiger partial charge in [0.15, 0.2) is 6.61 Å². The first-order valence-electron chi connectivity index (χ1n) is 6.19. The highest BCUT2D eigenvalue weighted by Crippen LogP contribution is 2.21. The molecule has 0 aliphatic heterocycles. The van der Waals surface area contributed by atoms with Crippen molar-refractivity contribution in [1.82, 2.24) is 5.32 Å². The second kappa shape index (κ2) is 6.96. The molecule has 1 heterocycles. The maximum absolute atomic E-state index is 11.8. The number of aromatic carboxylic acids is 1. The van der Waals surface area contributed by atoms with Gasteiger partial charge in [0, 0.05) is 11.4 Å². The van der Waals surface area contributed by atoms with Gasteiger partial charge >= 0.3 is 5.97 Å². The van der Waals surface area contributed by atoms with Gasteiger partial charge in [-0.05, 0) is 12.8 Å². The van der Waals surface area contributed by atoms with Crippen molar-refractivity contribution in [3.63, 3.8) is 0 Å². The van der Waals surface area contributed by atoms with E-state index >= 15 is 0 Å². The van der Waals surface area contributed by atoms with Crippen LogP contribution in [0.25, 0.3) is 0 Å². The first kappa shape index (κ1) is 16.1. The molecule has 0 aliphatic rings. The minimum Gasteiger partial charge on any atom is -0.483 e. The average Bonchev–Trinajstić information content (AvgIpc) is 2.92. The number of thiophene rings is 1. The number of amides is 1. The highest BCUT2D eigenvalue weighted by Gasteiger charge is 2.25. The highest BCUT2D eigenvalue weighted by atomic mass is 32.1. The van der Waals surface area contributed by atoms with Crippen molar-refractivity contribution < 1.29 is 19.4 Å². The number of carboxylic acids is 1.